The van der Waals surface area contributed by atoms with Gasteiger partial charge >= 0.3 is 0 Å². The van der Waals surface area contributed by atoms with Gasteiger partial charge in [0.2, 0.25) is 0 Å². The van der Waals surface area contributed by atoms with Crippen LogP contribution in [0, 0.1) is 0 Å². The summed E-state index contributed by atoms with van der Waals surface area (Å²) in [5.74, 6) is -0.755. The summed E-state index contributed by atoms with van der Waals surface area (Å²) in [4.78, 5) is 31.6. The Hall–Kier alpha value is -3.24. The number of hydrogen-bond donors (Lipinski definition) is 2. The highest BCUT2D eigenvalue weighted by Gasteiger charge is 2.15. The summed E-state index contributed by atoms with van der Waals surface area (Å²) in [5.41, 5.74) is 6.82. The Labute approximate surface area is 168 Å². The Balaban J connectivity index is 1.48. The van der Waals surface area contributed by atoms with Crippen LogP contribution in [-0.4, -0.2) is 40.7 Å². The maximum Gasteiger partial charge on any atom is 0.269 e. The van der Waals surface area contributed by atoms with E-state index in [2.05, 4.69) is 15.4 Å². The molecule has 0 aliphatic rings. The van der Waals surface area contributed by atoms with Crippen LogP contribution >= 0.6 is 22.7 Å². The molecule has 0 radical (unpaired) electrons. The Morgan fingerprint density at radius 3 is 2.50 bits per heavy atom. The Morgan fingerprint density at radius 2 is 1.89 bits per heavy atom. The molecule has 0 spiro atoms. The van der Waals surface area contributed by atoms with E-state index in [0.29, 0.717) is 10.6 Å². The lowest BCUT2D eigenvalue weighted by molar-refractivity contribution is 0.0993. The van der Waals surface area contributed by atoms with Crippen molar-refractivity contribution in [1.82, 2.24) is 14.8 Å². The molecule has 0 bridgehead atoms. The van der Waals surface area contributed by atoms with Gasteiger partial charge in [-0.2, -0.15) is 5.10 Å². The van der Waals surface area contributed by atoms with Crippen LogP contribution < -0.4 is 16.0 Å². The van der Waals surface area contributed by atoms with E-state index in [0.717, 1.165) is 20.3 Å². The van der Waals surface area contributed by atoms with Gasteiger partial charge in [-0.3, -0.25) is 9.59 Å². The largest absolute Gasteiger partial charge is 0.364 e. The number of anilines is 2. The molecule has 142 valence electrons. The molecule has 28 heavy (non-hydrogen) atoms. The van der Waals surface area contributed by atoms with E-state index in [1.165, 1.54) is 11.3 Å². The minimum atomic E-state index is -0.578. The molecule has 3 N–H and O–H groups in total. The zero-order valence-electron chi connectivity index (χ0n) is 15.0. The molecule has 0 saturated carbocycles. The van der Waals surface area contributed by atoms with Crippen molar-refractivity contribution in [3.05, 3.63) is 53.2 Å². The van der Waals surface area contributed by atoms with Gasteiger partial charge in [-0.05, 0) is 36.4 Å². The topological polar surface area (TPSA) is 106 Å². The molecule has 0 aliphatic carbocycles. The van der Waals surface area contributed by atoms with Gasteiger partial charge in [0.05, 0.1) is 15.3 Å². The fraction of sp³-hybridized carbons (Fsp3) is 0.111. The predicted molar refractivity (Wildman–Crippen MR) is 112 cm³/mol. The molecule has 4 rings (SSSR count). The van der Waals surface area contributed by atoms with Crippen LogP contribution in [0.25, 0.3) is 15.2 Å². The van der Waals surface area contributed by atoms with Crippen molar-refractivity contribution in [3.63, 3.8) is 0 Å². The number of aromatic nitrogens is 3. The average molecular weight is 413 g/mol. The van der Waals surface area contributed by atoms with Gasteiger partial charge in [-0.25, -0.2) is 9.67 Å². The molecule has 4 aromatic rings. The van der Waals surface area contributed by atoms with Gasteiger partial charge in [-0.15, -0.1) is 11.3 Å². The van der Waals surface area contributed by atoms with E-state index in [1.54, 1.807) is 52.5 Å². The van der Waals surface area contributed by atoms with Crippen molar-refractivity contribution in [3.8, 4) is 5.69 Å². The standard InChI is InChI=1S/C18H16N6O2S2/c1-23(2)18-21-17-14(28-18)9-13(27-17)16(26)20-10-3-5-11(6-4-10)24-8-7-12(22-24)15(19)25/h3-9H,1-2H3,(H2,19,25)(H,20,26). The van der Waals surface area contributed by atoms with Crippen molar-refractivity contribution in [2.24, 2.45) is 5.73 Å². The summed E-state index contributed by atoms with van der Waals surface area (Å²) in [7, 11) is 3.88. The highest BCUT2D eigenvalue weighted by atomic mass is 32.1. The van der Waals surface area contributed by atoms with E-state index >= 15 is 0 Å². The van der Waals surface area contributed by atoms with Crippen molar-refractivity contribution < 1.29 is 9.59 Å². The van der Waals surface area contributed by atoms with Crippen LogP contribution in [-0.2, 0) is 0 Å². The zero-order valence-corrected chi connectivity index (χ0v) is 16.7. The second kappa shape index (κ2) is 7.06. The first kappa shape index (κ1) is 18.1. The monoisotopic (exact) mass is 412 g/mol. The molecule has 0 saturated heterocycles. The highest BCUT2D eigenvalue weighted by Crippen LogP contribution is 2.34. The average Bonchev–Trinajstić information content (AvgIpc) is 3.36. The Kier molecular flexibility index (Phi) is 4.57. The number of fused-ring (bicyclic) bond motifs is 1. The summed E-state index contributed by atoms with van der Waals surface area (Å²) in [6, 6.07) is 10.6. The third-order valence-electron chi connectivity index (χ3n) is 3.92. The number of primary amides is 1. The molecule has 1 aromatic carbocycles. The van der Waals surface area contributed by atoms with E-state index in [4.69, 9.17) is 5.73 Å². The van der Waals surface area contributed by atoms with Crippen LogP contribution in [0.3, 0.4) is 0 Å². The first-order chi connectivity index (χ1) is 13.4. The second-order valence-electron chi connectivity index (χ2n) is 6.18. The van der Waals surface area contributed by atoms with Gasteiger partial charge in [-0.1, -0.05) is 11.3 Å². The summed E-state index contributed by atoms with van der Waals surface area (Å²) < 4.78 is 2.55. The number of hydrogen-bond acceptors (Lipinski definition) is 7. The smallest absolute Gasteiger partial charge is 0.269 e. The number of carbonyl (C=O) groups excluding carboxylic acids is 2. The van der Waals surface area contributed by atoms with Crippen LogP contribution in [0.15, 0.2) is 42.6 Å². The van der Waals surface area contributed by atoms with Crippen LogP contribution in [0.4, 0.5) is 10.8 Å². The third-order valence-corrected chi connectivity index (χ3v) is 6.24. The molecule has 8 nitrogen and oxygen atoms in total. The zero-order chi connectivity index (χ0) is 19.8. The first-order valence-electron chi connectivity index (χ1n) is 8.25. The number of benzene rings is 1. The second-order valence-corrected chi connectivity index (χ2v) is 8.22. The van der Waals surface area contributed by atoms with Gasteiger partial charge in [0, 0.05) is 26.0 Å². The maximum absolute atomic E-state index is 12.5. The lowest BCUT2D eigenvalue weighted by Gasteiger charge is -2.06. The number of rotatable bonds is 5. The van der Waals surface area contributed by atoms with Gasteiger partial charge in [0.1, 0.15) is 10.5 Å². The Bertz CT molecular complexity index is 1140. The minimum Gasteiger partial charge on any atom is -0.364 e. The third kappa shape index (κ3) is 3.47. The summed E-state index contributed by atoms with van der Waals surface area (Å²) in [6.45, 7) is 0. The fourth-order valence-corrected chi connectivity index (χ4v) is 4.55. The van der Waals surface area contributed by atoms with E-state index in [1.807, 2.05) is 25.1 Å². The number of thiophene rings is 1. The summed E-state index contributed by atoms with van der Waals surface area (Å²) in [6.07, 6.45) is 1.65. The van der Waals surface area contributed by atoms with Crippen molar-refractivity contribution in [2.75, 3.05) is 24.3 Å². The number of nitrogens with two attached hydrogens (primary N) is 1. The van der Waals surface area contributed by atoms with Gasteiger partial charge in [0.25, 0.3) is 11.8 Å². The molecule has 0 aliphatic heterocycles. The lowest BCUT2D eigenvalue weighted by Crippen LogP contribution is -2.12. The summed E-state index contributed by atoms with van der Waals surface area (Å²) in [5, 5.41) is 7.90. The van der Waals surface area contributed by atoms with Crippen LogP contribution in [0.2, 0.25) is 0 Å². The summed E-state index contributed by atoms with van der Waals surface area (Å²) >= 11 is 2.93. The molecule has 10 heteroatoms. The van der Waals surface area contributed by atoms with Gasteiger partial charge < -0.3 is 16.0 Å². The van der Waals surface area contributed by atoms with E-state index in [-0.39, 0.29) is 11.6 Å². The molecule has 0 fully saturated rings. The highest BCUT2D eigenvalue weighted by molar-refractivity contribution is 7.29. The number of nitrogens with zero attached hydrogens (tertiary/aromatic N) is 4. The predicted octanol–water partition coefficient (Wildman–Crippen LogP) is 2.96. The maximum atomic E-state index is 12.5. The molecule has 3 heterocycles. The van der Waals surface area contributed by atoms with E-state index in [9.17, 15) is 9.59 Å². The SMILES string of the molecule is CN(C)c1nc2sc(C(=O)Nc3ccc(-n4ccc(C(N)=O)n4)cc3)cc2s1. The number of thiazole rings is 1. The molecule has 3 aromatic heterocycles. The molecule has 2 amide bonds. The normalized spacial score (nSPS) is 10.9. The molecule has 0 unspecified atom stereocenters. The number of nitrogens with one attached hydrogen (secondary N) is 1. The minimum absolute atomic E-state index is 0.176. The fourth-order valence-electron chi connectivity index (χ4n) is 2.52. The molecule has 0 atom stereocenters. The molecular weight excluding hydrogens is 396 g/mol. The number of carbonyl (C=O) groups is 2. The van der Waals surface area contributed by atoms with Crippen molar-refractivity contribution in [2.45, 2.75) is 0 Å². The van der Waals surface area contributed by atoms with Crippen LogP contribution in [0.1, 0.15) is 20.2 Å². The quantitative estimate of drug-likeness (QED) is 0.524. The van der Waals surface area contributed by atoms with Crippen molar-refractivity contribution in [1.29, 1.82) is 0 Å². The van der Waals surface area contributed by atoms with E-state index < -0.39 is 5.91 Å². The van der Waals surface area contributed by atoms with Gasteiger partial charge in [0.15, 0.2) is 5.13 Å². The van der Waals surface area contributed by atoms with Crippen molar-refractivity contribution >= 4 is 54.8 Å². The lowest BCUT2D eigenvalue weighted by atomic mass is 10.2. The van der Waals surface area contributed by atoms with Crippen LogP contribution in [0.5, 0.6) is 0 Å². The molecular formula is C18H16N6O2S2. The number of amides is 2. The first-order valence-corrected chi connectivity index (χ1v) is 9.89. The Morgan fingerprint density at radius 1 is 1.14 bits per heavy atom.